The molecule has 0 aliphatic carbocycles. The van der Waals surface area contributed by atoms with Gasteiger partial charge in [0.25, 0.3) is 0 Å². The molecular weight excluding hydrogens is 246 g/mol. The Morgan fingerprint density at radius 3 is 2.64 bits per heavy atom. The number of benzene rings is 1. The van der Waals surface area contributed by atoms with Crippen LogP contribution in [0.1, 0.15) is 11.1 Å². The van der Waals surface area contributed by atoms with E-state index >= 15 is 0 Å². The van der Waals surface area contributed by atoms with Crippen LogP contribution in [0.3, 0.4) is 0 Å². The first-order valence-corrected chi connectivity index (χ1v) is 5.07. The van der Waals surface area contributed by atoms with Crippen LogP contribution < -0.4 is 10.2 Å². The van der Waals surface area contributed by atoms with Crippen molar-refractivity contribution in [2.24, 2.45) is 0 Å². The molecule has 14 heavy (non-hydrogen) atoms. The molecule has 1 aromatic rings. The summed E-state index contributed by atoms with van der Waals surface area (Å²) >= 11 is 3.48. The Hall–Kier alpha value is -0.580. The molecule has 0 saturated carbocycles. The molecule has 0 aliphatic rings. The third kappa shape index (κ3) is 2.70. The molecule has 0 saturated heterocycles. The fraction of sp³-hybridized carbons (Fsp3) is 0.400. The van der Waals surface area contributed by atoms with Crippen LogP contribution in [0.5, 0.6) is 5.75 Å². The molecule has 78 valence electrons. The summed E-state index contributed by atoms with van der Waals surface area (Å²) in [4.78, 5) is 4.81. The SMILES string of the molecule is CONCc1cc(OC)cc(Br)c1C. The predicted octanol–water partition coefficient (Wildman–Crippen LogP) is 2.42. The maximum atomic E-state index is 5.17. The van der Waals surface area contributed by atoms with Crippen molar-refractivity contribution in [3.8, 4) is 5.75 Å². The number of hydrogen-bond donors (Lipinski definition) is 1. The van der Waals surface area contributed by atoms with Crippen molar-refractivity contribution in [1.29, 1.82) is 0 Å². The van der Waals surface area contributed by atoms with Gasteiger partial charge >= 0.3 is 0 Å². The maximum absolute atomic E-state index is 5.17. The van der Waals surface area contributed by atoms with Gasteiger partial charge in [-0.05, 0) is 30.2 Å². The molecule has 0 atom stereocenters. The molecule has 3 nitrogen and oxygen atoms in total. The van der Waals surface area contributed by atoms with Gasteiger partial charge in [-0.15, -0.1) is 0 Å². The summed E-state index contributed by atoms with van der Waals surface area (Å²) in [6.07, 6.45) is 0. The smallest absolute Gasteiger partial charge is 0.120 e. The number of rotatable bonds is 4. The molecule has 1 aromatic carbocycles. The summed E-state index contributed by atoms with van der Waals surface area (Å²) < 4.78 is 6.22. The summed E-state index contributed by atoms with van der Waals surface area (Å²) in [6, 6.07) is 3.94. The Balaban J connectivity index is 2.95. The molecule has 4 heteroatoms. The molecular formula is C10H14BrNO2. The maximum Gasteiger partial charge on any atom is 0.120 e. The van der Waals surface area contributed by atoms with E-state index in [0.29, 0.717) is 6.54 Å². The van der Waals surface area contributed by atoms with Crippen molar-refractivity contribution < 1.29 is 9.57 Å². The fourth-order valence-corrected chi connectivity index (χ4v) is 1.64. The molecule has 0 unspecified atom stereocenters. The highest BCUT2D eigenvalue weighted by Gasteiger charge is 2.05. The minimum atomic E-state index is 0.665. The lowest BCUT2D eigenvalue weighted by Crippen LogP contribution is -2.12. The minimum absolute atomic E-state index is 0.665. The van der Waals surface area contributed by atoms with Crippen LogP contribution >= 0.6 is 15.9 Å². The van der Waals surface area contributed by atoms with Crippen molar-refractivity contribution in [2.75, 3.05) is 14.2 Å². The number of nitrogens with one attached hydrogen (secondary N) is 1. The highest BCUT2D eigenvalue weighted by molar-refractivity contribution is 9.10. The number of hydroxylamine groups is 1. The molecule has 0 bridgehead atoms. The van der Waals surface area contributed by atoms with Crippen molar-refractivity contribution in [3.63, 3.8) is 0 Å². The second-order valence-electron chi connectivity index (χ2n) is 2.92. The number of hydrogen-bond acceptors (Lipinski definition) is 3. The Bertz CT molecular complexity index is 315. The first-order valence-electron chi connectivity index (χ1n) is 4.28. The van der Waals surface area contributed by atoms with Crippen LogP contribution in [0.25, 0.3) is 0 Å². The molecule has 0 radical (unpaired) electrons. The van der Waals surface area contributed by atoms with Gasteiger partial charge in [0.2, 0.25) is 0 Å². The summed E-state index contributed by atoms with van der Waals surface area (Å²) in [6.45, 7) is 2.72. The van der Waals surface area contributed by atoms with E-state index in [2.05, 4.69) is 28.3 Å². The van der Waals surface area contributed by atoms with Gasteiger partial charge in [0.1, 0.15) is 5.75 Å². The van der Waals surface area contributed by atoms with Crippen LogP contribution in [0.15, 0.2) is 16.6 Å². The van der Waals surface area contributed by atoms with Crippen LogP contribution in [0, 0.1) is 6.92 Å². The lowest BCUT2D eigenvalue weighted by Gasteiger charge is -2.10. The molecule has 0 heterocycles. The zero-order chi connectivity index (χ0) is 10.6. The molecule has 0 amide bonds. The normalized spacial score (nSPS) is 10.3. The lowest BCUT2D eigenvalue weighted by atomic mass is 10.1. The van der Waals surface area contributed by atoms with Gasteiger partial charge in [0.05, 0.1) is 14.2 Å². The molecule has 1 N–H and O–H groups in total. The van der Waals surface area contributed by atoms with Gasteiger partial charge < -0.3 is 9.57 Å². The second kappa shape index (κ2) is 5.34. The van der Waals surface area contributed by atoms with Gasteiger partial charge in [-0.25, -0.2) is 0 Å². The largest absolute Gasteiger partial charge is 0.497 e. The van der Waals surface area contributed by atoms with E-state index in [1.54, 1.807) is 14.2 Å². The zero-order valence-electron chi connectivity index (χ0n) is 8.56. The van der Waals surface area contributed by atoms with Gasteiger partial charge in [-0.2, -0.15) is 5.48 Å². The summed E-state index contributed by atoms with van der Waals surface area (Å²) in [5, 5.41) is 0. The van der Waals surface area contributed by atoms with Crippen molar-refractivity contribution in [3.05, 3.63) is 27.7 Å². The van der Waals surface area contributed by atoms with Crippen molar-refractivity contribution in [2.45, 2.75) is 13.5 Å². The standard InChI is InChI=1S/C10H14BrNO2/c1-7-8(6-12-14-3)4-9(13-2)5-10(7)11/h4-5,12H,6H2,1-3H3. The third-order valence-electron chi connectivity index (χ3n) is 2.07. The van der Waals surface area contributed by atoms with E-state index in [0.717, 1.165) is 15.8 Å². The molecule has 0 aromatic heterocycles. The number of methoxy groups -OCH3 is 1. The van der Waals surface area contributed by atoms with E-state index in [-0.39, 0.29) is 0 Å². The Kier molecular flexibility index (Phi) is 4.38. The minimum Gasteiger partial charge on any atom is -0.497 e. The fourth-order valence-electron chi connectivity index (χ4n) is 1.16. The summed E-state index contributed by atoms with van der Waals surface area (Å²) in [5.74, 6) is 0.843. The van der Waals surface area contributed by atoms with Crippen LogP contribution in [-0.2, 0) is 11.4 Å². The monoisotopic (exact) mass is 259 g/mol. The highest BCUT2D eigenvalue weighted by atomic mass is 79.9. The Morgan fingerprint density at radius 1 is 1.36 bits per heavy atom. The first-order chi connectivity index (χ1) is 6.69. The van der Waals surface area contributed by atoms with Gasteiger partial charge in [0, 0.05) is 11.0 Å². The quantitative estimate of drug-likeness (QED) is 0.843. The second-order valence-corrected chi connectivity index (χ2v) is 3.77. The van der Waals surface area contributed by atoms with E-state index in [9.17, 15) is 0 Å². The van der Waals surface area contributed by atoms with Crippen molar-refractivity contribution in [1.82, 2.24) is 5.48 Å². The third-order valence-corrected chi connectivity index (χ3v) is 2.89. The molecule has 1 rings (SSSR count). The van der Waals surface area contributed by atoms with Crippen LogP contribution in [0.4, 0.5) is 0 Å². The average molecular weight is 260 g/mol. The van der Waals surface area contributed by atoms with Gasteiger partial charge in [-0.3, -0.25) is 0 Å². The topological polar surface area (TPSA) is 30.5 Å². The average Bonchev–Trinajstić information content (AvgIpc) is 2.20. The molecule has 0 spiro atoms. The highest BCUT2D eigenvalue weighted by Crippen LogP contribution is 2.26. The predicted molar refractivity (Wildman–Crippen MR) is 59.3 cm³/mol. The van der Waals surface area contributed by atoms with Gasteiger partial charge in [0.15, 0.2) is 0 Å². The number of ether oxygens (including phenoxy) is 1. The Morgan fingerprint density at radius 2 is 2.07 bits per heavy atom. The Labute approximate surface area is 92.5 Å². The van der Waals surface area contributed by atoms with Gasteiger partial charge in [-0.1, -0.05) is 15.9 Å². The van der Waals surface area contributed by atoms with Crippen LogP contribution in [-0.4, -0.2) is 14.2 Å². The van der Waals surface area contributed by atoms with Crippen molar-refractivity contribution >= 4 is 15.9 Å². The molecule has 0 fully saturated rings. The van der Waals surface area contributed by atoms with E-state index in [1.165, 1.54) is 5.56 Å². The zero-order valence-corrected chi connectivity index (χ0v) is 10.1. The summed E-state index contributed by atoms with van der Waals surface area (Å²) in [7, 11) is 3.26. The first kappa shape index (κ1) is 11.5. The van der Waals surface area contributed by atoms with E-state index in [1.807, 2.05) is 12.1 Å². The molecule has 0 aliphatic heterocycles. The number of halogens is 1. The van der Waals surface area contributed by atoms with E-state index < -0.39 is 0 Å². The lowest BCUT2D eigenvalue weighted by molar-refractivity contribution is 0.0865. The van der Waals surface area contributed by atoms with Crippen LogP contribution in [0.2, 0.25) is 0 Å². The summed E-state index contributed by atoms with van der Waals surface area (Å²) in [5.41, 5.74) is 5.15. The van der Waals surface area contributed by atoms with E-state index in [4.69, 9.17) is 9.57 Å².